The predicted octanol–water partition coefficient (Wildman–Crippen LogP) is 3.91. The Hall–Kier alpha value is -2.57. The molecule has 0 bridgehead atoms. The molecule has 152 valence electrons. The molecule has 1 aliphatic heterocycles. The van der Waals surface area contributed by atoms with Gasteiger partial charge in [-0.25, -0.2) is 4.39 Å². The first-order chi connectivity index (χ1) is 14.1. The van der Waals surface area contributed by atoms with Crippen LogP contribution in [0.5, 0.6) is 0 Å². The maximum atomic E-state index is 14.0. The highest BCUT2D eigenvalue weighted by Gasteiger charge is 2.24. The van der Waals surface area contributed by atoms with Crippen LogP contribution in [0.25, 0.3) is 0 Å². The Labute approximate surface area is 171 Å². The molecule has 1 unspecified atom stereocenters. The van der Waals surface area contributed by atoms with Crippen LogP contribution in [0.3, 0.4) is 0 Å². The van der Waals surface area contributed by atoms with Gasteiger partial charge in [-0.3, -0.25) is 14.6 Å². The minimum Gasteiger partial charge on any atom is -0.369 e. The molecule has 2 aromatic heterocycles. The van der Waals surface area contributed by atoms with Gasteiger partial charge < -0.3 is 4.74 Å². The van der Waals surface area contributed by atoms with Crippen LogP contribution in [0.4, 0.5) is 4.39 Å². The Morgan fingerprint density at radius 1 is 1.14 bits per heavy atom. The molecule has 1 fully saturated rings. The number of benzene rings is 1. The molecule has 0 N–H and O–H groups in total. The average molecular weight is 394 g/mol. The topological polar surface area (TPSA) is 43.2 Å². The lowest BCUT2D eigenvalue weighted by atomic mass is 10.1. The number of aromatic nitrogens is 3. The van der Waals surface area contributed by atoms with Gasteiger partial charge in [0.15, 0.2) is 0 Å². The highest BCUT2D eigenvalue weighted by atomic mass is 19.1. The van der Waals surface area contributed by atoms with E-state index in [1.54, 1.807) is 12.1 Å². The van der Waals surface area contributed by atoms with E-state index in [0.717, 1.165) is 43.3 Å². The van der Waals surface area contributed by atoms with Crippen LogP contribution in [0, 0.1) is 12.7 Å². The van der Waals surface area contributed by atoms with E-state index in [0.29, 0.717) is 18.6 Å². The van der Waals surface area contributed by atoms with E-state index in [1.807, 2.05) is 28.9 Å². The largest absolute Gasteiger partial charge is 0.369 e. The maximum absolute atomic E-state index is 14.0. The van der Waals surface area contributed by atoms with Crippen LogP contribution in [0.2, 0.25) is 0 Å². The fraction of sp³-hybridized carbons (Fsp3) is 0.391. The summed E-state index contributed by atoms with van der Waals surface area (Å²) in [5, 5.41) is 4.55. The predicted molar refractivity (Wildman–Crippen MR) is 110 cm³/mol. The number of aryl methyl sites for hydroxylation is 2. The van der Waals surface area contributed by atoms with E-state index in [1.165, 1.54) is 11.6 Å². The van der Waals surface area contributed by atoms with Crippen molar-refractivity contribution in [2.24, 2.45) is 0 Å². The first-order valence-electron chi connectivity index (χ1n) is 10.2. The average Bonchev–Trinajstić information content (AvgIpc) is 3.10. The van der Waals surface area contributed by atoms with Crippen molar-refractivity contribution in [3.05, 3.63) is 82.7 Å². The van der Waals surface area contributed by atoms with Gasteiger partial charge in [0.25, 0.3) is 0 Å². The summed E-state index contributed by atoms with van der Waals surface area (Å²) in [6.45, 7) is 8.25. The molecule has 4 rings (SSSR count). The normalized spacial score (nSPS) is 17.6. The molecular formula is C23H27FN4O. The summed E-state index contributed by atoms with van der Waals surface area (Å²) < 4.78 is 22.0. The molecule has 3 heterocycles. The first-order valence-corrected chi connectivity index (χ1v) is 10.2. The molecule has 6 heteroatoms. The SMILES string of the molecule is CCn1cc(CN2CCOC(c3cccc(Cc4ccccc4F)n3)C2)c(C)n1. The van der Waals surface area contributed by atoms with Crippen LogP contribution in [-0.4, -0.2) is 39.4 Å². The van der Waals surface area contributed by atoms with Crippen LogP contribution in [0.1, 0.15) is 41.2 Å². The van der Waals surface area contributed by atoms with Crippen molar-refractivity contribution in [3.63, 3.8) is 0 Å². The standard InChI is InChI=1S/C23H27FN4O/c1-3-28-15-19(17(2)26-28)14-27-11-12-29-23(16-27)22-10-6-8-20(25-22)13-18-7-4-5-9-21(18)24/h4-10,15,23H,3,11-14,16H2,1-2H3. The minimum absolute atomic E-state index is 0.0779. The first kappa shape index (κ1) is 19.7. The van der Waals surface area contributed by atoms with Crippen molar-refractivity contribution in [3.8, 4) is 0 Å². The van der Waals surface area contributed by atoms with Gasteiger partial charge in [-0.1, -0.05) is 24.3 Å². The second kappa shape index (κ2) is 8.84. The maximum Gasteiger partial charge on any atom is 0.126 e. The molecule has 1 atom stereocenters. The third-order valence-corrected chi connectivity index (χ3v) is 5.40. The molecule has 0 aliphatic carbocycles. The Morgan fingerprint density at radius 2 is 2.00 bits per heavy atom. The van der Waals surface area contributed by atoms with Gasteiger partial charge in [0.2, 0.25) is 0 Å². The molecule has 0 spiro atoms. The Kier molecular flexibility index (Phi) is 6.02. The van der Waals surface area contributed by atoms with Crippen molar-refractivity contribution in [1.82, 2.24) is 19.7 Å². The van der Waals surface area contributed by atoms with E-state index in [4.69, 9.17) is 9.72 Å². The lowest BCUT2D eigenvalue weighted by Gasteiger charge is -2.32. The van der Waals surface area contributed by atoms with Crippen molar-refractivity contribution in [2.45, 2.75) is 39.5 Å². The van der Waals surface area contributed by atoms with Gasteiger partial charge in [0.05, 0.1) is 18.0 Å². The van der Waals surface area contributed by atoms with Gasteiger partial charge in [0.1, 0.15) is 11.9 Å². The summed E-state index contributed by atoms with van der Waals surface area (Å²) in [4.78, 5) is 7.17. The summed E-state index contributed by atoms with van der Waals surface area (Å²) in [6, 6.07) is 12.8. The lowest BCUT2D eigenvalue weighted by molar-refractivity contribution is -0.0351. The molecule has 29 heavy (non-hydrogen) atoms. The summed E-state index contributed by atoms with van der Waals surface area (Å²) in [7, 11) is 0. The molecule has 1 aromatic carbocycles. The molecule has 1 aliphatic rings. The summed E-state index contributed by atoms with van der Waals surface area (Å²) in [5.41, 5.74) is 4.76. The highest BCUT2D eigenvalue weighted by molar-refractivity contribution is 5.25. The number of rotatable bonds is 6. The van der Waals surface area contributed by atoms with Crippen LogP contribution in [-0.2, 0) is 24.2 Å². The van der Waals surface area contributed by atoms with Gasteiger partial charge in [-0.05, 0) is 37.6 Å². The van der Waals surface area contributed by atoms with Gasteiger partial charge in [-0.2, -0.15) is 5.10 Å². The molecular weight excluding hydrogens is 367 g/mol. The Morgan fingerprint density at radius 3 is 2.79 bits per heavy atom. The number of ether oxygens (including phenoxy) is 1. The van der Waals surface area contributed by atoms with E-state index >= 15 is 0 Å². The summed E-state index contributed by atoms with van der Waals surface area (Å²) >= 11 is 0. The van der Waals surface area contributed by atoms with Crippen LogP contribution >= 0.6 is 0 Å². The fourth-order valence-electron chi connectivity index (χ4n) is 3.76. The van der Waals surface area contributed by atoms with Gasteiger partial charge in [-0.15, -0.1) is 0 Å². The number of morpholine rings is 1. The monoisotopic (exact) mass is 394 g/mol. The zero-order valence-electron chi connectivity index (χ0n) is 17.0. The van der Waals surface area contributed by atoms with E-state index < -0.39 is 0 Å². The molecule has 1 saturated heterocycles. The van der Waals surface area contributed by atoms with Crippen LogP contribution < -0.4 is 0 Å². The quantitative estimate of drug-likeness (QED) is 0.636. The van der Waals surface area contributed by atoms with Crippen molar-refractivity contribution in [1.29, 1.82) is 0 Å². The summed E-state index contributed by atoms with van der Waals surface area (Å²) in [6.07, 6.45) is 2.53. The van der Waals surface area contributed by atoms with Crippen molar-refractivity contribution >= 4 is 0 Å². The number of hydrogen-bond donors (Lipinski definition) is 0. The van der Waals surface area contributed by atoms with E-state index in [-0.39, 0.29) is 11.9 Å². The Balaban J connectivity index is 1.45. The Bertz CT molecular complexity index is 971. The molecule has 5 nitrogen and oxygen atoms in total. The minimum atomic E-state index is -0.192. The molecule has 0 amide bonds. The van der Waals surface area contributed by atoms with E-state index in [2.05, 4.69) is 30.0 Å². The van der Waals surface area contributed by atoms with Gasteiger partial charge in [0, 0.05) is 50.1 Å². The molecule has 0 radical (unpaired) electrons. The molecule has 3 aromatic rings. The fourth-order valence-corrected chi connectivity index (χ4v) is 3.76. The zero-order chi connectivity index (χ0) is 20.2. The number of halogens is 1. The number of nitrogens with zero attached hydrogens (tertiary/aromatic N) is 4. The van der Waals surface area contributed by atoms with E-state index in [9.17, 15) is 4.39 Å². The van der Waals surface area contributed by atoms with Crippen molar-refractivity contribution < 1.29 is 9.13 Å². The number of hydrogen-bond acceptors (Lipinski definition) is 4. The number of pyridine rings is 1. The van der Waals surface area contributed by atoms with Crippen LogP contribution in [0.15, 0.2) is 48.7 Å². The van der Waals surface area contributed by atoms with Gasteiger partial charge >= 0.3 is 0 Å². The van der Waals surface area contributed by atoms with Crippen molar-refractivity contribution in [2.75, 3.05) is 19.7 Å². The zero-order valence-corrected chi connectivity index (χ0v) is 17.0. The summed E-state index contributed by atoms with van der Waals surface area (Å²) in [5.74, 6) is -0.192. The highest BCUT2D eigenvalue weighted by Crippen LogP contribution is 2.23. The third-order valence-electron chi connectivity index (χ3n) is 5.40. The lowest BCUT2D eigenvalue weighted by Crippen LogP contribution is -2.38. The second-order valence-corrected chi connectivity index (χ2v) is 7.51. The smallest absolute Gasteiger partial charge is 0.126 e. The second-order valence-electron chi connectivity index (χ2n) is 7.51. The molecule has 0 saturated carbocycles. The third kappa shape index (κ3) is 4.71.